The quantitative estimate of drug-likeness (QED) is 0.877. The Hall–Kier alpha value is -1.65. The first-order valence-electron chi connectivity index (χ1n) is 5.97. The van der Waals surface area contributed by atoms with Gasteiger partial charge >= 0.3 is 0 Å². The molecule has 1 heterocycles. The minimum absolute atomic E-state index is 0.179. The monoisotopic (exact) mass is 278 g/mol. The number of aromatic nitrogens is 1. The van der Waals surface area contributed by atoms with Gasteiger partial charge < -0.3 is 10.0 Å². The van der Waals surface area contributed by atoms with Gasteiger partial charge in [-0.2, -0.15) is 0 Å². The number of pyridine rings is 1. The van der Waals surface area contributed by atoms with Crippen molar-refractivity contribution in [2.75, 3.05) is 13.6 Å². The lowest BCUT2D eigenvalue weighted by atomic mass is 10.1. The Morgan fingerprint density at radius 3 is 2.68 bits per heavy atom. The number of amides is 1. The number of hydrogen-bond acceptors (Lipinski definition) is 3. The highest BCUT2D eigenvalue weighted by Crippen LogP contribution is 2.24. The molecule has 1 unspecified atom stereocenters. The number of carbonyl (C=O) groups is 1. The molecule has 1 amide bonds. The third-order valence-corrected chi connectivity index (χ3v) is 3.16. The lowest BCUT2D eigenvalue weighted by Crippen LogP contribution is -2.33. The van der Waals surface area contributed by atoms with Crippen molar-refractivity contribution in [1.29, 1.82) is 0 Å². The molecule has 2 aromatic rings. The molecule has 0 bridgehead atoms. The van der Waals surface area contributed by atoms with Crippen molar-refractivity contribution >= 4 is 28.3 Å². The van der Waals surface area contributed by atoms with Gasteiger partial charge in [0.2, 0.25) is 0 Å². The maximum atomic E-state index is 12.3. The van der Waals surface area contributed by atoms with Gasteiger partial charge in [0.1, 0.15) is 5.15 Å². The molecule has 0 aliphatic heterocycles. The zero-order valence-corrected chi connectivity index (χ0v) is 11.6. The summed E-state index contributed by atoms with van der Waals surface area (Å²) in [5.74, 6) is -0.179. The van der Waals surface area contributed by atoms with E-state index >= 15 is 0 Å². The van der Waals surface area contributed by atoms with E-state index < -0.39 is 6.10 Å². The molecule has 0 aliphatic rings. The maximum Gasteiger partial charge on any atom is 0.255 e. The number of halogens is 1. The van der Waals surface area contributed by atoms with Crippen molar-refractivity contribution in [3.05, 3.63) is 41.2 Å². The Morgan fingerprint density at radius 2 is 2.05 bits per heavy atom. The molecule has 100 valence electrons. The van der Waals surface area contributed by atoms with Crippen LogP contribution in [-0.2, 0) is 0 Å². The highest BCUT2D eigenvalue weighted by atomic mass is 35.5. The van der Waals surface area contributed by atoms with Gasteiger partial charge in [-0.3, -0.25) is 4.79 Å². The molecular weight excluding hydrogens is 264 g/mol. The molecule has 2 rings (SSSR count). The molecule has 4 nitrogen and oxygen atoms in total. The fourth-order valence-electron chi connectivity index (χ4n) is 2.01. The fourth-order valence-corrected chi connectivity index (χ4v) is 2.23. The van der Waals surface area contributed by atoms with Crippen LogP contribution in [0.3, 0.4) is 0 Å². The second kappa shape index (κ2) is 5.55. The molecular formula is C14H15ClN2O2. The Morgan fingerprint density at radius 1 is 1.42 bits per heavy atom. The van der Waals surface area contributed by atoms with Gasteiger partial charge in [-0.25, -0.2) is 4.98 Å². The predicted molar refractivity (Wildman–Crippen MR) is 75.4 cm³/mol. The molecule has 0 fully saturated rings. The third kappa shape index (κ3) is 2.85. The number of carbonyl (C=O) groups excluding carboxylic acids is 1. The minimum Gasteiger partial charge on any atom is -0.392 e. The molecule has 0 saturated carbocycles. The van der Waals surface area contributed by atoms with Crippen LogP contribution in [0.5, 0.6) is 0 Å². The maximum absolute atomic E-state index is 12.3. The number of fused-ring (bicyclic) bond motifs is 1. The van der Waals surface area contributed by atoms with Gasteiger partial charge in [-0.1, -0.05) is 35.9 Å². The van der Waals surface area contributed by atoms with Crippen molar-refractivity contribution < 1.29 is 9.90 Å². The summed E-state index contributed by atoms with van der Waals surface area (Å²) in [6.07, 6.45) is 0.909. The second-order valence-corrected chi connectivity index (χ2v) is 4.90. The largest absolute Gasteiger partial charge is 0.392 e. The topological polar surface area (TPSA) is 53.4 Å². The van der Waals surface area contributed by atoms with Crippen molar-refractivity contribution in [3.63, 3.8) is 0 Å². The number of benzene rings is 1. The van der Waals surface area contributed by atoms with E-state index in [1.54, 1.807) is 14.0 Å². The van der Waals surface area contributed by atoms with Crippen LogP contribution in [0.25, 0.3) is 10.8 Å². The summed E-state index contributed by atoms with van der Waals surface area (Å²) >= 11 is 6.02. The van der Waals surface area contributed by atoms with E-state index in [-0.39, 0.29) is 12.5 Å². The zero-order valence-electron chi connectivity index (χ0n) is 10.8. The van der Waals surface area contributed by atoms with Crippen molar-refractivity contribution in [2.45, 2.75) is 13.0 Å². The van der Waals surface area contributed by atoms with Gasteiger partial charge in [0.15, 0.2) is 0 Å². The van der Waals surface area contributed by atoms with Gasteiger partial charge in [0.25, 0.3) is 5.91 Å². The molecule has 1 atom stereocenters. The van der Waals surface area contributed by atoms with Gasteiger partial charge in [0.05, 0.1) is 11.7 Å². The Balaban J connectivity index is 2.46. The highest BCUT2D eigenvalue weighted by Gasteiger charge is 2.17. The summed E-state index contributed by atoms with van der Waals surface area (Å²) in [5, 5.41) is 11.2. The number of aliphatic hydroxyl groups is 1. The summed E-state index contributed by atoms with van der Waals surface area (Å²) < 4.78 is 0. The van der Waals surface area contributed by atoms with Crippen molar-refractivity contribution in [2.24, 2.45) is 0 Å². The van der Waals surface area contributed by atoms with Crippen LogP contribution in [0.1, 0.15) is 17.3 Å². The van der Waals surface area contributed by atoms with Crippen LogP contribution in [0.15, 0.2) is 30.5 Å². The summed E-state index contributed by atoms with van der Waals surface area (Å²) in [6, 6.07) is 7.37. The van der Waals surface area contributed by atoms with Crippen molar-refractivity contribution in [1.82, 2.24) is 9.88 Å². The normalized spacial score (nSPS) is 12.4. The molecule has 1 N–H and O–H groups in total. The zero-order chi connectivity index (χ0) is 14.0. The summed E-state index contributed by atoms with van der Waals surface area (Å²) in [5.41, 5.74) is 0.489. The van der Waals surface area contributed by atoms with Crippen molar-refractivity contribution in [3.8, 4) is 0 Å². The molecule has 5 heteroatoms. The fraction of sp³-hybridized carbons (Fsp3) is 0.286. The Labute approximate surface area is 116 Å². The molecule has 1 aromatic heterocycles. The summed E-state index contributed by atoms with van der Waals surface area (Å²) in [6.45, 7) is 1.91. The van der Waals surface area contributed by atoms with Crippen LogP contribution >= 0.6 is 11.6 Å². The highest BCUT2D eigenvalue weighted by molar-refractivity contribution is 6.34. The number of likely N-dealkylation sites (N-methyl/N-ethyl adjacent to an activating group) is 1. The van der Waals surface area contributed by atoms with Gasteiger partial charge in [-0.15, -0.1) is 0 Å². The number of rotatable bonds is 3. The molecule has 0 radical (unpaired) electrons. The lowest BCUT2D eigenvalue weighted by molar-refractivity contribution is 0.0705. The number of hydrogen-bond donors (Lipinski definition) is 1. The average molecular weight is 279 g/mol. The van der Waals surface area contributed by atoms with Crippen LogP contribution in [0.4, 0.5) is 0 Å². The molecule has 19 heavy (non-hydrogen) atoms. The molecule has 0 spiro atoms. The van der Waals surface area contributed by atoms with E-state index in [0.29, 0.717) is 10.7 Å². The first-order valence-corrected chi connectivity index (χ1v) is 6.35. The van der Waals surface area contributed by atoms with Gasteiger partial charge in [0, 0.05) is 25.2 Å². The standard InChI is InChI=1S/C14H15ClN2O2/c1-9(18)8-17(2)14(19)12-7-16-13(15)11-6-4-3-5-10(11)12/h3-7,9,18H,8H2,1-2H3. The molecule has 1 aromatic carbocycles. The van der Waals surface area contributed by atoms with E-state index in [9.17, 15) is 9.90 Å². The lowest BCUT2D eigenvalue weighted by Gasteiger charge is -2.19. The van der Waals surface area contributed by atoms with E-state index in [4.69, 9.17) is 11.6 Å². The predicted octanol–water partition coefficient (Wildman–Crippen LogP) is 2.34. The van der Waals surface area contributed by atoms with E-state index in [2.05, 4.69) is 4.98 Å². The van der Waals surface area contributed by atoms with Crippen LogP contribution in [0.2, 0.25) is 5.15 Å². The van der Waals surface area contributed by atoms with Gasteiger partial charge in [-0.05, 0) is 12.3 Å². The molecule has 0 aliphatic carbocycles. The minimum atomic E-state index is -0.569. The smallest absolute Gasteiger partial charge is 0.255 e. The first kappa shape index (κ1) is 13.8. The van der Waals surface area contributed by atoms with E-state index in [1.165, 1.54) is 11.1 Å². The number of aliphatic hydroxyl groups excluding tert-OH is 1. The SMILES string of the molecule is CC(O)CN(C)C(=O)c1cnc(Cl)c2ccccc12. The average Bonchev–Trinajstić information content (AvgIpc) is 2.38. The first-order chi connectivity index (χ1) is 9.00. The van der Waals surface area contributed by atoms with E-state index in [0.717, 1.165) is 10.8 Å². The van der Waals surface area contributed by atoms with Crippen LogP contribution < -0.4 is 0 Å². The summed E-state index contributed by atoms with van der Waals surface area (Å²) in [4.78, 5) is 17.9. The molecule has 0 saturated heterocycles. The Bertz CT molecular complexity index is 613. The number of nitrogens with zero attached hydrogens (tertiary/aromatic N) is 2. The van der Waals surface area contributed by atoms with E-state index in [1.807, 2.05) is 24.3 Å². The summed E-state index contributed by atoms with van der Waals surface area (Å²) in [7, 11) is 1.65. The van der Waals surface area contributed by atoms with Crippen LogP contribution in [-0.4, -0.2) is 40.6 Å². The van der Waals surface area contributed by atoms with Crippen LogP contribution in [0, 0.1) is 0 Å². The third-order valence-electron chi connectivity index (χ3n) is 2.86. The Kier molecular flexibility index (Phi) is 4.02. The second-order valence-electron chi connectivity index (χ2n) is 4.54.